The lowest BCUT2D eigenvalue weighted by Gasteiger charge is -2.07. The Balaban J connectivity index is 2.45. The Morgan fingerprint density at radius 1 is 1.35 bits per heavy atom. The summed E-state index contributed by atoms with van der Waals surface area (Å²) in [5, 5.41) is 0. The molecule has 2 N–H and O–H groups in total. The lowest BCUT2D eigenvalue weighted by atomic mass is 10.2. The second-order valence-corrected chi connectivity index (χ2v) is 3.99. The molecule has 94 valence electrons. The molecule has 0 saturated heterocycles. The van der Waals surface area contributed by atoms with Crippen molar-refractivity contribution in [2.24, 2.45) is 5.73 Å². The van der Waals surface area contributed by atoms with E-state index in [1.54, 1.807) is 13.2 Å². The number of nitrogens with two attached hydrogens (primary N) is 1. The molecule has 0 fully saturated rings. The number of hydrogen-bond acceptors (Lipinski definition) is 3. The van der Waals surface area contributed by atoms with E-state index in [0.717, 1.165) is 12.8 Å². The summed E-state index contributed by atoms with van der Waals surface area (Å²) in [5.74, 6) is 0.0341. The van der Waals surface area contributed by atoms with Gasteiger partial charge < -0.3 is 15.2 Å². The van der Waals surface area contributed by atoms with Gasteiger partial charge in [-0.15, -0.1) is 0 Å². The van der Waals surface area contributed by atoms with E-state index >= 15 is 0 Å². The normalized spacial score (nSPS) is 10.2. The van der Waals surface area contributed by atoms with E-state index in [2.05, 4.69) is 0 Å². The van der Waals surface area contributed by atoms with Crippen molar-refractivity contribution in [2.75, 3.05) is 20.3 Å². The van der Waals surface area contributed by atoms with Gasteiger partial charge in [0.15, 0.2) is 0 Å². The van der Waals surface area contributed by atoms with Crippen LogP contribution in [0.25, 0.3) is 0 Å². The molecule has 0 amide bonds. The summed E-state index contributed by atoms with van der Waals surface area (Å²) in [6.07, 6.45) is 1.79. The van der Waals surface area contributed by atoms with Crippen LogP contribution in [0.3, 0.4) is 0 Å². The second kappa shape index (κ2) is 7.19. The third-order valence-electron chi connectivity index (χ3n) is 2.22. The molecular formula is C12H16FNO2S. The lowest BCUT2D eigenvalue weighted by molar-refractivity contribution is 0.184. The maximum atomic E-state index is 13.5. The van der Waals surface area contributed by atoms with Crippen LogP contribution in [0, 0.1) is 5.82 Å². The van der Waals surface area contributed by atoms with Crippen molar-refractivity contribution in [3.05, 3.63) is 29.6 Å². The van der Waals surface area contributed by atoms with Crippen molar-refractivity contribution >= 4 is 17.2 Å². The average Bonchev–Trinajstić information content (AvgIpc) is 2.28. The van der Waals surface area contributed by atoms with Gasteiger partial charge in [-0.1, -0.05) is 12.2 Å². The molecule has 5 heteroatoms. The van der Waals surface area contributed by atoms with Gasteiger partial charge in [0, 0.05) is 25.3 Å². The predicted octanol–water partition coefficient (Wildman–Crippen LogP) is 2.27. The Kier molecular flexibility index (Phi) is 5.86. The highest BCUT2D eigenvalue weighted by Gasteiger charge is 2.06. The van der Waals surface area contributed by atoms with Crippen LogP contribution in [0.1, 0.15) is 18.4 Å². The molecule has 0 aliphatic rings. The van der Waals surface area contributed by atoms with Gasteiger partial charge in [-0.2, -0.15) is 0 Å². The number of halogens is 1. The third-order valence-corrected chi connectivity index (χ3v) is 2.44. The van der Waals surface area contributed by atoms with Crippen molar-refractivity contribution in [3.8, 4) is 5.75 Å². The Morgan fingerprint density at radius 3 is 2.65 bits per heavy atom. The van der Waals surface area contributed by atoms with Crippen LogP contribution in [0.4, 0.5) is 4.39 Å². The van der Waals surface area contributed by atoms with Crippen molar-refractivity contribution in [2.45, 2.75) is 12.8 Å². The number of benzene rings is 1. The lowest BCUT2D eigenvalue weighted by Crippen LogP contribution is -2.11. The smallest absolute Gasteiger partial charge is 0.137 e. The molecular weight excluding hydrogens is 241 g/mol. The minimum absolute atomic E-state index is 0.0501. The van der Waals surface area contributed by atoms with E-state index in [4.69, 9.17) is 27.4 Å². The van der Waals surface area contributed by atoms with Crippen molar-refractivity contribution in [1.82, 2.24) is 0 Å². The Bertz CT molecular complexity index is 385. The summed E-state index contributed by atoms with van der Waals surface area (Å²) < 4.78 is 23.8. The Morgan fingerprint density at radius 2 is 2.06 bits per heavy atom. The molecule has 1 aromatic rings. The fourth-order valence-corrected chi connectivity index (χ4v) is 1.49. The summed E-state index contributed by atoms with van der Waals surface area (Å²) in [6.45, 7) is 1.24. The number of ether oxygens (including phenoxy) is 2. The second-order valence-electron chi connectivity index (χ2n) is 3.55. The number of thiocarbonyl (C=S) groups is 1. The van der Waals surface area contributed by atoms with Crippen molar-refractivity contribution in [1.29, 1.82) is 0 Å². The summed E-state index contributed by atoms with van der Waals surface area (Å²) in [7, 11) is 1.66. The fraction of sp³-hybridized carbons (Fsp3) is 0.417. The Hall–Kier alpha value is -1.20. The molecule has 0 bridgehead atoms. The zero-order chi connectivity index (χ0) is 12.7. The van der Waals surface area contributed by atoms with E-state index in [0.29, 0.717) is 19.0 Å². The van der Waals surface area contributed by atoms with Gasteiger partial charge in [0.1, 0.15) is 16.6 Å². The highest BCUT2D eigenvalue weighted by Crippen LogP contribution is 2.16. The van der Waals surface area contributed by atoms with Gasteiger partial charge in [0.25, 0.3) is 0 Å². The molecule has 3 nitrogen and oxygen atoms in total. The van der Waals surface area contributed by atoms with Crippen LogP contribution < -0.4 is 10.5 Å². The third kappa shape index (κ3) is 4.66. The fourth-order valence-electron chi connectivity index (χ4n) is 1.32. The van der Waals surface area contributed by atoms with Crippen LogP contribution in [-0.4, -0.2) is 25.3 Å². The van der Waals surface area contributed by atoms with Crippen LogP contribution >= 0.6 is 12.2 Å². The van der Waals surface area contributed by atoms with E-state index in [1.165, 1.54) is 12.1 Å². The number of unbranched alkanes of at least 4 members (excludes halogenated alkanes) is 1. The summed E-state index contributed by atoms with van der Waals surface area (Å²) in [4.78, 5) is 0.0501. The van der Waals surface area contributed by atoms with Gasteiger partial charge in [-0.3, -0.25) is 0 Å². The molecule has 0 atom stereocenters. The number of rotatable bonds is 7. The van der Waals surface area contributed by atoms with Crippen molar-refractivity contribution in [3.63, 3.8) is 0 Å². The summed E-state index contributed by atoms with van der Waals surface area (Å²) in [6, 6.07) is 4.49. The molecule has 0 spiro atoms. The first-order chi connectivity index (χ1) is 8.15. The van der Waals surface area contributed by atoms with Gasteiger partial charge in [-0.05, 0) is 25.0 Å². The standard InChI is InChI=1S/C12H16FNO2S/c1-15-6-2-3-7-16-9-4-5-10(12(14)17)11(13)8-9/h4-5,8H,2-3,6-7H2,1H3,(H2,14,17). The van der Waals surface area contributed by atoms with E-state index in [-0.39, 0.29) is 10.6 Å². The average molecular weight is 257 g/mol. The number of methoxy groups -OCH3 is 1. The SMILES string of the molecule is COCCCCOc1ccc(C(N)=S)c(F)c1. The molecule has 17 heavy (non-hydrogen) atoms. The first-order valence-corrected chi connectivity index (χ1v) is 5.77. The van der Waals surface area contributed by atoms with E-state index in [1.807, 2.05) is 0 Å². The summed E-state index contributed by atoms with van der Waals surface area (Å²) >= 11 is 4.71. The maximum Gasteiger partial charge on any atom is 0.137 e. The van der Waals surface area contributed by atoms with Gasteiger partial charge in [0.2, 0.25) is 0 Å². The zero-order valence-corrected chi connectivity index (χ0v) is 10.6. The quantitative estimate of drug-likeness (QED) is 0.601. The van der Waals surface area contributed by atoms with Gasteiger partial charge >= 0.3 is 0 Å². The number of hydrogen-bond donors (Lipinski definition) is 1. The first kappa shape index (κ1) is 13.9. The van der Waals surface area contributed by atoms with Crippen molar-refractivity contribution < 1.29 is 13.9 Å². The van der Waals surface area contributed by atoms with Crippen LogP contribution in [-0.2, 0) is 4.74 Å². The molecule has 0 heterocycles. The van der Waals surface area contributed by atoms with Crippen LogP contribution in [0.2, 0.25) is 0 Å². The molecule has 0 aliphatic heterocycles. The van der Waals surface area contributed by atoms with E-state index in [9.17, 15) is 4.39 Å². The largest absolute Gasteiger partial charge is 0.493 e. The molecule has 0 unspecified atom stereocenters. The maximum absolute atomic E-state index is 13.5. The molecule has 0 saturated carbocycles. The zero-order valence-electron chi connectivity index (χ0n) is 9.74. The molecule has 1 aromatic carbocycles. The van der Waals surface area contributed by atoms with Gasteiger partial charge in [-0.25, -0.2) is 4.39 Å². The highest BCUT2D eigenvalue weighted by molar-refractivity contribution is 7.80. The monoisotopic (exact) mass is 257 g/mol. The predicted molar refractivity (Wildman–Crippen MR) is 68.9 cm³/mol. The molecule has 0 radical (unpaired) electrons. The molecule has 0 aliphatic carbocycles. The first-order valence-electron chi connectivity index (χ1n) is 5.36. The highest BCUT2D eigenvalue weighted by atomic mass is 32.1. The Labute approximate surface area is 106 Å². The van der Waals surface area contributed by atoms with Crippen LogP contribution in [0.15, 0.2) is 18.2 Å². The molecule has 0 aromatic heterocycles. The summed E-state index contributed by atoms with van der Waals surface area (Å²) in [5.41, 5.74) is 5.60. The minimum atomic E-state index is -0.452. The topological polar surface area (TPSA) is 44.5 Å². The van der Waals surface area contributed by atoms with Crippen LogP contribution in [0.5, 0.6) is 5.75 Å². The van der Waals surface area contributed by atoms with E-state index < -0.39 is 5.82 Å². The minimum Gasteiger partial charge on any atom is -0.493 e. The van der Waals surface area contributed by atoms with Gasteiger partial charge in [0.05, 0.1) is 6.61 Å². The molecule has 1 rings (SSSR count).